The lowest BCUT2D eigenvalue weighted by Gasteiger charge is -2.14. The molecule has 10 heteroatoms. The van der Waals surface area contributed by atoms with Crippen LogP contribution in [0.5, 0.6) is 0 Å². The number of aromatic nitrogens is 2. The lowest BCUT2D eigenvalue weighted by Crippen LogP contribution is -2.02. The van der Waals surface area contributed by atoms with Crippen molar-refractivity contribution in [3.05, 3.63) is 47.8 Å². The smallest absolute Gasteiger partial charge is 0.312 e. The van der Waals surface area contributed by atoms with E-state index >= 15 is 0 Å². The van der Waals surface area contributed by atoms with Gasteiger partial charge in [0, 0.05) is 63.4 Å². The van der Waals surface area contributed by atoms with Gasteiger partial charge in [0.25, 0.3) is 0 Å². The molecule has 0 aliphatic carbocycles. The van der Waals surface area contributed by atoms with Gasteiger partial charge in [0.1, 0.15) is 0 Å². The molecule has 0 spiro atoms. The summed E-state index contributed by atoms with van der Waals surface area (Å²) in [5, 5.41) is 1.91. The van der Waals surface area contributed by atoms with Gasteiger partial charge in [-0.3, -0.25) is 19.1 Å². The number of fused-ring (bicyclic) bond motifs is 3. The van der Waals surface area contributed by atoms with Crippen molar-refractivity contribution < 1.29 is 27.2 Å². The molecule has 0 fully saturated rings. The molecule has 1 aromatic carbocycles. The van der Waals surface area contributed by atoms with Gasteiger partial charge in [0.15, 0.2) is 0 Å². The fraction of sp³-hybridized carbons (Fsp3) is 0.400. The van der Waals surface area contributed by atoms with E-state index < -0.39 is 15.2 Å². The Morgan fingerprint density at radius 1 is 0.633 bits per heavy atom. The van der Waals surface area contributed by atoms with Crippen molar-refractivity contribution in [2.45, 2.75) is 12.8 Å². The highest BCUT2D eigenvalue weighted by atomic mass is 31.2. The van der Waals surface area contributed by atoms with E-state index in [-0.39, 0.29) is 12.3 Å². The molecule has 0 N–H and O–H groups in total. The number of pyridine rings is 2. The first-order chi connectivity index (χ1) is 14.3. The first-order valence-electron chi connectivity index (χ1n) is 9.44. The second kappa shape index (κ2) is 9.65. The maximum absolute atomic E-state index is 12.3. The van der Waals surface area contributed by atoms with Crippen LogP contribution in [0.15, 0.2) is 36.4 Å². The molecule has 162 valence electrons. The third-order valence-electron chi connectivity index (χ3n) is 5.03. The van der Waals surface area contributed by atoms with E-state index in [1.54, 1.807) is 0 Å². The van der Waals surface area contributed by atoms with Gasteiger partial charge in [-0.1, -0.05) is 24.3 Å². The molecule has 0 radical (unpaired) electrons. The van der Waals surface area contributed by atoms with Crippen LogP contribution in [0.25, 0.3) is 21.8 Å². The molecule has 2 heterocycles. The summed E-state index contributed by atoms with van der Waals surface area (Å²) in [7, 11) is -0.688. The van der Waals surface area contributed by atoms with Crippen molar-refractivity contribution in [2.24, 2.45) is 0 Å². The molecule has 0 aliphatic heterocycles. The molecular weight excluding hydrogens is 426 g/mol. The van der Waals surface area contributed by atoms with Crippen molar-refractivity contribution in [2.75, 3.05) is 40.8 Å². The van der Waals surface area contributed by atoms with Gasteiger partial charge < -0.3 is 18.1 Å². The predicted octanol–water partition coefficient (Wildman–Crippen LogP) is 4.84. The Labute approximate surface area is 176 Å². The van der Waals surface area contributed by atoms with E-state index in [0.29, 0.717) is 12.8 Å². The monoisotopic (exact) mass is 452 g/mol. The van der Waals surface area contributed by atoms with E-state index in [2.05, 4.69) is 0 Å². The van der Waals surface area contributed by atoms with Crippen LogP contribution in [-0.2, 0) is 40.1 Å². The number of nitrogens with zero attached hydrogens (tertiary/aromatic N) is 2. The van der Waals surface area contributed by atoms with Gasteiger partial charge in [-0.25, -0.2) is 0 Å². The molecule has 0 aliphatic rings. The zero-order valence-electron chi connectivity index (χ0n) is 17.5. The first-order valence-corrected chi connectivity index (χ1v) is 12.9. The maximum atomic E-state index is 12.3. The van der Waals surface area contributed by atoms with Crippen LogP contribution in [-0.4, -0.2) is 50.7 Å². The number of benzene rings is 1. The second-order valence-electron chi connectivity index (χ2n) is 6.71. The molecule has 8 nitrogen and oxygen atoms in total. The van der Waals surface area contributed by atoms with Crippen molar-refractivity contribution in [3.63, 3.8) is 0 Å². The first kappa shape index (κ1) is 23.0. The highest BCUT2D eigenvalue weighted by Gasteiger charge is 2.22. The quantitative estimate of drug-likeness (QED) is 0.318. The summed E-state index contributed by atoms with van der Waals surface area (Å²) in [5.41, 5.74) is 3.08. The van der Waals surface area contributed by atoms with E-state index in [1.165, 1.54) is 28.4 Å². The van der Waals surface area contributed by atoms with Crippen LogP contribution >= 0.6 is 15.2 Å². The molecule has 0 bridgehead atoms. The lowest BCUT2D eigenvalue weighted by molar-refractivity contribution is 0.275. The van der Waals surface area contributed by atoms with E-state index in [9.17, 15) is 9.13 Å². The summed E-state index contributed by atoms with van der Waals surface area (Å²) in [6.45, 7) is 0. The van der Waals surface area contributed by atoms with Crippen molar-refractivity contribution in [1.29, 1.82) is 0 Å². The molecule has 3 aromatic rings. The number of rotatable bonds is 10. The average molecular weight is 452 g/mol. The molecule has 2 aromatic heterocycles. The standard InChI is InChI=1S/C20H26N2O6P2/c1-25-29(23,26-2)13-11-17-9-7-15-5-6-16-8-10-18(22-20(16)19(15)21-17)12-14-30(24,27-3)28-4/h5-10H,11-14H2,1-4H3. The summed E-state index contributed by atoms with van der Waals surface area (Å²) in [5.74, 6) is 0. The molecule has 3 rings (SSSR count). The van der Waals surface area contributed by atoms with Gasteiger partial charge in [-0.15, -0.1) is 0 Å². The number of aryl methyl sites for hydroxylation is 2. The zero-order valence-corrected chi connectivity index (χ0v) is 19.3. The molecule has 0 atom stereocenters. The number of hydrogen-bond acceptors (Lipinski definition) is 8. The Balaban J connectivity index is 1.93. The highest BCUT2D eigenvalue weighted by molar-refractivity contribution is 7.54. The minimum Gasteiger partial charge on any atom is -0.312 e. The average Bonchev–Trinajstić information content (AvgIpc) is 2.80. The Kier molecular flexibility index (Phi) is 7.40. The van der Waals surface area contributed by atoms with Crippen LogP contribution < -0.4 is 0 Å². The summed E-state index contributed by atoms with van der Waals surface area (Å²) in [4.78, 5) is 9.52. The van der Waals surface area contributed by atoms with Crippen LogP contribution in [0.2, 0.25) is 0 Å². The fourth-order valence-corrected chi connectivity index (χ4v) is 5.18. The Morgan fingerprint density at radius 2 is 0.967 bits per heavy atom. The minimum atomic E-state index is -3.10. The molecule has 30 heavy (non-hydrogen) atoms. The van der Waals surface area contributed by atoms with Gasteiger partial charge in [-0.2, -0.15) is 0 Å². The van der Waals surface area contributed by atoms with Crippen molar-refractivity contribution in [1.82, 2.24) is 9.97 Å². The zero-order chi connectivity index (χ0) is 21.8. The van der Waals surface area contributed by atoms with E-state index in [4.69, 9.17) is 28.1 Å². The van der Waals surface area contributed by atoms with Crippen molar-refractivity contribution >= 4 is 37.0 Å². The maximum Gasteiger partial charge on any atom is 0.330 e. The molecule has 0 saturated heterocycles. The lowest BCUT2D eigenvalue weighted by atomic mass is 10.1. The van der Waals surface area contributed by atoms with Gasteiger partial charge in [-0.05, 0) is 12.1 Å². The third-order valence-corrected chi connectivity index (χ3v) is 8.80. The fourth-order valence-electron chi connectivity index (χ4n) is 3.14. The van der Waals surface area contributed by atoms with Crippen LogP contribution in [0.1, 0.15) is 11.4 Å². The summed E-state index contributed by atoms with van der Waals surface area (Å²) in [6.07, 6.45) is 1.39. The summed E-state index contributed by atoms with van der Waals surface area (Å²) < 4.78 is 44.7. The van der Waals surface area contributed by atoms with Crippen LogP contribution in [0.3, 0.4) is 0 Å². The van der Waals surface area contributed by atoms with Gasteiger partial charge in [0.2, 0.25) is 0 Å². The van der Waals surface area contributed by atoms with Gasteiger partial charge in [0.05, 0.1) is 23.4 Å². The Bertz CT molecular complexity index is 1030. The highest BCUT2D eigenvalue weighted by Crippen LogP contribution is 2.47. The minimum absolute atomic E-state index is 0.241. The molecule has 0 unspecified atom stereocenters. The van der Waals surface area contributed by atoms with Crippen molar-refractivity contribution in [3.8, 4) is 0 Å². The summed E-state index contributed by atoms with van der Waals surface area (Å²) >= 11 is 0. The molecular formula is C20H26N2O6P2. The predicted molar refractivity (Wildman–Crippen MR) is 117 cm³/mol. The number of hydrogen-bond donors (Lipinski definition) is 0. The van der Waals surface area contributed by atoms with E-state index in [0.717, 1.165) is 33.2 Å². The molecule has 0 amide bonds. The van der Waals surface area contributed by atoms with Gasteiger partial charge >= 0.3 is 15.2 Å². The topological polar surface area (TPSA) is 96.8 Å². The Morgan fingerprint density at radius 3 is 1.30 bits per heavy atom. The third kappa shape index (κ3) is 5.14. The van der Waals surface area contributed by atoms with Crippen LogP contribution in [0.4, 0.5) is 0 Å². The molecule has 0 saturated carbocycles. The largest absolute Gasteiger partial charge is 0.330 e. The second-order valence-corrected chi connectivity index (χ2v) is 11.5. The summed E-state index contributed by atoms with van der Waals surface area (Å²) in [6, 6.07) is 11.7. The SMILES string of the molecule is COP(=O)(CCc1ccc2ccc3ccc(CCP(=O)(OC)OC)nc3c2n1)OC. The normalized spacial score (nSPS) is 12.7. The van der Waals surface area contributed by atoms with E-state index in [1.807, 2.05) is 36.4 Å². The Hall–Kier alpha value is -1.66. The van der Waals surface area contributed by atoms with Crippen LogP contribution in [0, 0.1) is 0 Å².